The molecule has 0 amide bonds. The molecule has 1 N–H and O–H groups in total. The maximum absolute atomic E-state index is 12.6. The van der Waals surface area contributed by atoms with E-state index in [2.05, 4.69) is 31.9 Å². The van der Waals surface area contributed by atoms with Crippen LogP contribution in [-0.2, 0) is 25.7 Å². The zero-order chi connectivity index (χ0) is 22.9. The molecular formula is C20H21Br2Cl3O4S. The molecule has 2 aromatic rings. The van der Waals surface area contributed by atoms with Crippen molar-refractivity contribution in [2.75, 3.05) is 6.61 Å². The van der Waals surface area contributed by atoms with Gasteiger partial charge < -0.3 is 5.11 Å². The molecule has 4 nitrogen and oxygen atoms in total. The molecule has 10 heteroatoms. The summed E-state index contributed by atoms with van der Waals surface area (Å²) in [4.78, 5) is 0. The van der Waals surface area contributed by atoms with Gasteiger partial charge in [-0.3, -0.25) is 4.18 Å². The van der Waals surface area contributed by atoms with Crippen molar-refractivity contribution in [3.8, 4) is 0 Å². The molecule has 2 aromatic carbocycles. The quantitative estimate of drug-likeness (QED) is 0.278. The Morgan fingerprint density at radius 1 is 1.03 bits per heavy atom. The monoisotopic (exact) mass is 620 g/mol. The minimum atomic E-state index is -4.01. The van der Waals surface area contributed by atoms with Gasteiger partial charge in [0.05, 0.1) is 6.61 Å². The van der Waals surface area contributed by atoms with E-state index in [1.54, 1.807) is 18.2 Å². The van der Waals surface area contributed by atoms with Crippen molar-refractivity contribution in [2.45, 2.75) is 42.3 Å². The maximum atomic E-state index is 12.6. The lowest BCUT2D eigenvalue weighted by atomic mass is 9.91. The highest BCUT2D eigenvalue weighted by Crippen LogP contribution is 2.42. The van der Waals surface area contributed by atoms with Crippen LogP contribution in [0.4, 0.5) is 0 Å². The first-order chi connectivity index (χ1) is 13.6. The van der Waals surface area contributed by atoms with Gasteiger partial charge in [-0.2, -0.15) is 8.42 Å². The number of benzene rings is 2. The van der Waals surface area contributed by atoms with E-state index in [-0.39, 0.29) is 12.2 Å². The molecule has 1 atom stereocenters. The molecule has 0 aliphatic heterocycles. The normalized spacial score (nSPS) is 14.6. The summed E-state index contributed by atoms with van der Waals surface area (Å²) in [6.45, 7) is 5.03. The number of aryl methyl sites for hydroxylation is 2. The molecule has 30 heavy (non-hydrogen) atoms. The lowest BCUT2D eigenvalue weighted by molar-refractivity contribution is -0.0143. The van der Waals surface area contributed by atoms with Gasteiger partial charge in [-0.15, -0.1) is 0 Å². The summed E-state index contributed by atoms with van der Waals surface area (Å²) in [7, 11) is -4.01. The first kappa shape index (κ1) is 26.4. The molecule has 0 aromatic heterocycles. The molecule has 166 valence electrons. The average molecular weight is 624 g/mol. The first-order valence-electron chi connectivity index (χ1n) is 8.80. The van der Waals surface area contributed by atoms with Gasteiger partial charge in [0.2, 0.25) is 0 Å². The zero-order valence-electron chi connectivity index (χ0n) is 16.5. The van der Waals surface area contributed by atoms with Gasteiger partial charge >= 0.3 is 0 Å². The van der Waals surface area contributed by atoms with Crippen molar-refractivity contribution >= 4 is 76.8 Å². The van der Waals surface area contributed by atoms with Crippen LogP contribution in [0.3, 0.4) is 0 Å². The van der Waals surface area contributed by atoms with Gasteiger partial charge in [0, 0.05) is 15.4 Å². The van der Waals surface area contributed by atoms with Crippen molar-refractivity contribution in [3.63, 3.8) is 0 Å². The molecule has 0 aliphatic rings. The molecule has 0 spiro atoms. The van der Waals surface area contributed by atoms with Crippen LogP contribution in [0.25, 0.3) is 0 Å². The molecule has 2 rings (SSSR count). The number of hydrogen-bond acceptors (Lipinski definition) is 4. The van der Waals surface area contributed by atoms with Gasteiger partial charge in [-0.25, -0.2) is 0 Å². The van der Waals surface area contributed by atoms with E-state index in [4.69, 9.17) is 39.0 Å². The number of aliphatic hydroxyl groups is 1. The van der Waals surface area contributed by atoms with E-state index >= 15 is 0 Å². The summed E-state index contributed by atoms with van der Waals surface area (Å²) < 4.78 is 30.0. The van der Waals surface area contributed by atoms with Crippen LogP contribution in [0.1, 0.15) is 34.2 Å². The fourth-order valence-corrected chi connectivity index (χ4v) is 5.92. The van der Waals surface area contributed by atoms with Crippen LogP contribution in [0.2, 0.25) is 0 Å². The summed E-state index contributed by atoms with van der Waals surface area (Å²) in [5.41, 5.74) is 1.87. The van der Waals surface area contributed by atoms with Gasteiger partial charge in [-0.05, 0) is 55.2 Å². The van der Waals surface area contributed by atoms with Gasteiger partial charge in [0.25, 0.3) is 10.1 Å². The molecule has 0 aliphatic carbocycles. The fraction of sp³-hybridized carbons (Fsp3) is 0.400. The number of halogens is 5. The summed E-state index contributed by atoms with van der Waals surface area (Å²) in [5, 5.41) is 11.3. The van der Waals surface area contributed by atoms with E-state index in [1.165, 1.54) is 0 Å². The van der Waals surface area contributed by atoms with Gasteiger partial charge in [0.1, 0.15) is 11.4 Å². The highest BCUT2D eigenvalue weighted by Gasteiger charge is 2.40. The second kappa shape index (κ2) is 9.96. The zero-order valence-corrected chi connectivity index (χ0v) is 22.7. The van der Waals surface area contributed by atoms with Gasteiger partial charge in [0.15, 0.2) is 3.79 Å². The van der Waals surface area contributed by atoms with Crippen LogP contribution in [-0.4, -0.2) is 23.9 Å². The SMILES string of the molecule is Cc1ccc(CS(=O)(=O)OCC(O)(CC(Cl)(Cl)Cl)c2cc(Br)c(C)c(Br)c2)c(C)c1. The second-order valence-electron chi connectivity index (χ2n) is 7.28. The van der Waals surface area contributed by atoms with Crippen LogP contribution in [0, 0.1) is 20.8 Å². The minimum Gasteiger partial charge on any atom is -0.383 e. The molecule has 0 saturated carbocycles. The fourth-order valence-electron chi connectivity index (χ4n) is 2.91. The first-order valence-corrected chi connectivity index (χ1v) is 13.1. The van der Waals surface area contributed by atoms with Crippen LogP contribution < -0.4 is 0 Å². The van der Waals surface area contributed by atoms with Crippen molar-refractivity contribution in [3.05, 3.63) is 67.1 Å². The largest absolute Gasteiger partial charge is 0.383 e. The summed E-state index contributed by atoms with van der Waals surface area (Å²) >= 11 is 24.6. The number of alkyl halides is 3. The Labute approximate surface area is 209 Å². The standard InChI is InChI=1S/C20H21Br2Cl3O4S/c1-12-4-5-15(13(2)6-12)9-30(27,28)29-11-19(26,10-20(23,24)25)16-7-17(21)14(3)18(22)8-16/h4-8,26H,9-11H2,1-3H3. The Hall–Kier alpha value is 0.140. The smallest absolute Gasteiger partial charge is 0.271 e. The molecule has 0 radical (unpaired) electrons. The molecule has 1 unspecified atom stereocenters. The van der Waals surface area contributed by atoms with E-state index in [1.807, 2.05) is 32.9 Å². The third-order valence-corrected chi connectivity index (χ3v) is 7.81. The Morgan fingerprint density at radius 3 is 2.10 bits per heavy atom. The Kier molecular flexibility index (Phi) is 8.76. The highest BCUT2D eigenvalue weighted by molar-refractivity contribution is 9.11. The highest BCUT2D eigenvalue weighted by atomic mass is 79.9. The summed E-state index contributed by atoms with van der Waals surface area (Å²) in [6.07, 6.45) is -0.369. The van der Waals surface area contributed by atoms with Crippen molar-refractivity contribution in [1.82, 2.24) is 0 Å². The van der Waals surface area contributed by atoms with Crippen LogP contribution in [0.5, 0.6) is 0 Å². The van der Waals surface area contributed by atoms with Crippen LogP contribution in [0.15, 0.2) is 39.3 Å². The lowest BCUT2D eigenvalue weighted by Crippen LogP contribution is -2.37. The van der Waals surface area contributed by atoms with E-state index in [0.717, 1.165) is 16.7 Å². The molecule has 0 bridgehead atoms. The second-order valence-corrected chi connectivity index (χ2v) is 13.1. The average Bonchev–Trinajstić information content (AvgIpc) is 2.58. The van der Waals surface area contributed by atoms with Crippen molar-refractivity contribution < 1.29 is 17.7 Å². The van der Waals surface area contributed by atoms with Gasteiger partial charge in [-0.1, -0.05) is 90.4 Å². The Bertz CT molecular complexity index is 1020. The predicted molar refractivity (Wildman–Crippen MR) is 130 cm³/mol. The lowest BCUT2D eigenvalue weighted by Gasteiger charge is -2.31. The predicted octanol–water partition coefficient (Wildman–Crippen LogP) is 6.63. The van der Waals surface area contributed by atoms with E-state index in [0.29, 0.717) is 20.1 Å². The molecular weight excluding hydrogens is 602 g/mol. The Balaban J connectivity index is 2.32. The third-order valence-electron chi connectivity index (χ3n) is 4.62. The molecule has 0 heterocycles. The van der Waals surface area contributed by atoms with E-state index in [9.17, 15) is 13.5 Å². The minimum absolute atomic E-state index is 0.329. The summed E-state index contributed by atoms with van der Waals surface area (Å²) in [5.74, 6) is -0.329. The maximum Gasteiger partial charge on any atom is 0.271 e. The number of hydrogen-bond donors (Lipinski definition) is 1. The summed E-state index contributed by atoms with van der Waals surface area (Å²) in [6, 6.07) is 8.77. The number of rotatable bonds is 7. The van der Waals surface area contributed by atoms with Crippen LogP contribution >= 0.6 is 66.7 Å². The molecule has 0 fully saturated rings. The molecule has 0 saturated heterocycles. The van der Waals surface area contributed by atoms with Crippen molar-refractivity contribution in [2.24, 2.45) is 0 Å². The third kappa shape index (κ3) is 7.34. The van der Waals surface area contributed by atoms with E-state index < -0.39 is 26.1 Å². The topological polar surface area (TPSA) is 63.6 Å². The Morgan fingerprint density at radius 2 is 1.60 bits per heavy atom. The van der Waals surface area contributed by atoms with Crippen molar-refractivity contribution in [1.29, 1.82) is 0 Å².